The van der Waals surface area contributed by atoms with E-state index in [9.17, 15) is 17.6 Å². The van der Waals surface area contributed by atoms with Crippen molar-refractivity contribution in [1.82, 2.24) is 15.6 Å². The lowest BCUT2D eigenvalue weighted by atomic mass is 10.3. The van der Waals surface area contributed by atoms with Gasteiger partial charge >= 0.3 is 0 Å². The van der Waals surface area contributed by atoms with E-state index in [1.807, 2.05) is 0 Å². The number of amides is 1. The van der Waals surface area contributed by atoms with Crippen molar-refractivity contribution in [3.05, 3.63) is 34.7 Å². The summed E-state index contributed by atoms with van der Waals surface area (Å²) in [6.07, 6.45) is 0. The van der Waals surface area contributed by atoms with Crippen LogP contribution >= 0.6 is 11.6 Å². The molecule has 1 aromatic heterocycles. The number of carbonyl (C=O) groups is 1. The first-order valence-electron chi connectivity index (χ1n) is 7.19. The monoisotopic (exact) mass is 420 g/mol. The van der Waals surface area contributed by atoms with Crippen molar-refractivity contribution in [3.8, 4) is 5.88 Å². The summed E-state index contributed by atoms with van der Waals surface area (Å²) in [6.45, 7) is -0.151. The zero-order valence-corrected chi connectivity index (χ0v) is 15.1. The molecule has 2 aromatic rings. The van der Waals surface area contributed by atoms with Crippen molar-refractivity contribution in [2.24, 2.45) is 5.14 Å². The Hall–Kier alpha value is -2.77. The zero-order valence-electron chi connectivity index (χ0n) is 13.5. The van der Waals surface area contributed by atoms with Crippen LogP contribution in [0.25, 0.3) is 0 Å². The van der Waals surface area contributed by atoms with Gasteiger partial charge in [-0.25, -0.2) is 22.6 Å². The van der Waals surface area contributed by atoms with E-state index in [1.165, 1.54) is 12.1 Å². The second-order valence-corrected chi connectivity index (χ2v) is 7.07. The van der Waals surface area contributed by atoms with Gasteiger partial charge in [0.05, 0.1) is 11.6 Å². The molecule has 0 saturated heterocycles. The van der Waals surface area contributed by atoms with Crippen LogP contribution in [0.1, 0.15) is 5.69 Å². The van der Waals surface area contributed by atoms with Crippen LogP contribution in [0.15, 0.2) is 22.8 Å². The van der Waals surface area contributed by atoms with Gasteiger partial charge in [-0.15, -0.1) is 0 Å². The van der Waals surface area contributed by atoms with Gasteiger partial charge in [0, 0.05) is 5.69 Å². The summed E-state index contributed by atoms with van der Waals surface area (Å²) < 4.78 is 44.4. The molecule has 0 radical (unpaired) electrons. The lowest BCUT2D eigenvalue weighted by Crippen LogP contribution is -2.35. The third-order valence-corrected chi connectivity index (χ3v) is 3.83. The minimum Gasteiger partial charge on any atom is -0.472 e. The van der Waals surface area contributed by atoms with Gasteiger partial charge in [-0.05, 0) is 28.5 Å². The maximum Gasteiger partial charge on any atom is 0.287 e. The molecular formula is C13H14ClFN6O5S. The van der Waals surface area contributed by atoms with Gasteiger partial charge in [-0.1, -0.05) is 11.6 Å². The maximum atomic E-state index is 13.2. The SMILES string of the molecule is N=C(Nc1ccc(F)c(Cl)c1)c1nonc1OCCNC(=O)CS(N)(=O)=O. The molecule has 146 valence electrons. The molecule has 0 fully saturated rings. The van der Waals surface area contributed by atoms with Gasteiger partial charge in [0.1, 0.15) is 18.2 Å². The quantitative estimate of drug-likeness (QED) is 0.264. The highest BCUT2D eigenvalue weighted by molar-refractivity contribution is 7.89. The number of ether oxygens (including phenoxy) is 1. The van der Waals surface area contributed by atoms with E-state index in [1.54, 1.807) is 0 Å². The Morgan fingerprint density at radius 2 is 2.15 bits per heavy atom. The average Bonchev–Trinajstić information content (AvgIpc) is 3.02. The molecule has 0 aliphatic carbocycles. The van der Waals surface area contributed by atoms with Crippen LogP contribution in [0.3, 0.4) is 0 Å². The summed E-state index contributed by atoms with van der Waals surface area (Å²) in [5.41, 5.74) is 0.252. The normalized spacial score (nSPS) is 11.1. The van der Waals surface area contributed by atoms with Gasteiger partial charge in [0.25, 0.3) is 5.88 Å². The number of rotatable bonds is 8. The summed E-state index contributed by atoms with van der Waals surface area (Å²) >= 11 is 5.67. The molecule has 14 heteroatoms. The summed E-state index contributed by atoms with van der Waals surface area (Å²) in [6, 6.07) is 3.77. The smallest absolute Gasteiger partial charge is 0.287 e. The highest BCUT2D eigenvalue weighted by atomic mass is 35.5. The Labute approximate surface area is 157 Å². The third-order valence-electron chi connectivity index (χ3n) is 2.88. The number of hydrogen-bond acceptors (Lipinski definition) is 8. The molecule has 1 heterocycles. The molecule has 0 saturated carbocycles. The zero-order chi connectivity index (χ0) is 20.0. The van der Waals surface area contributed by atoms with Gasteiger partial charge < -0.3 is 15.4 Å². The van der Waals surface area contributed by atoms with Crippen molar-refractivity contribution in [1.29, 1.82) is 5.41 Å². The summed E-state index contributed by atoms with van der Waals surface area (Å²) in [4.78, 5) is 11.3. The number of aromatic nitrogens is 2. The highest BCUT2D eigenvalue weighted by Gasteiger charge is 2.18. The summed E-state index contributed by atoms with van der Waals surface area (Å²) in [7, 11) is -3.92. The van der Waals surface area contributed by atoms with E-state index in [2.05, 4.69) is 25.6 Å². The molecule has 1 amide bonds. The number of nitrogens with one attached hydrogen (secondary N) is 3. The first-order chi connectivity index (χ1) is 12.7. The van der Waals surface area contributed by atoms with Gasteiger partial charge in [0.15, 0.2) is 5.84 Å². The Morgan fingerprint density at radius 3 is 2.81 bits per heavy atom. The van der Waals surface area contributed by atoms with E-state index in [0.29, 0.717) is 5.69 Å². The second kappa shape index (κ2) is 8.75. The van der Waals surface area contributed by atoms with Crippen LogP contribution in [0, 0.1) is 11.2 Å². The molecule has 0 unspecified atom stereocenters. The van der Waals surface area contributed by atoms with Crippen molar-refractivity contribution in [3.63, 3.8) is 0 Å². The molecule has 0 bridgehead atoms. The lowest BCUT2D eigenvalue weighted by molar-refractivity contribution is -0.118. The number of anilines is 1. The lowest BCUT2D eigenvalue weighted by Gasteiger charge is -2.08. The number of amidine groups is 1. The minimum absolute atomic E-state index is 0.0466. The molecule has 11 nitrogen and oxygen atoms in total. The van der Waals surface area contributed by atoms with E-state index >= 15 is 0 Å². The number of nitrogens with two attached hydrogens (primary N) is 1. The topological polar surface area (TPSA) is 173 Å². The predicted octanol–water partition coefficient (Wildman–Crippen LogP) is 0.0831. The van der Waals surface area contributed by atoms with Crippen LogP contribution in [-0.4, -0.2) is 49.4 Å². The highest BCUT2D eigenvalue weighted by Crippen LogP contribution is 2.21. The van der Waals surface area contributed by atoms with Crippen molar-refractivity contribution < 1.29 is 27.0 Å². The number of nitrogens with zero attached hydrogens (tertiary/aromatic N) is 2. The molecule has 5 N–H and O–H groups in total. The Kier molecular flexibility index (Phi) is 6.65. The van der Waals surface area contributed by atoms with Crippen molar-refractivity contribution in [2.45, 2.75) is 0 Å². The Bertz CT molecular complexity index is 950. The van der Waals surface area contributed by atoms with Crippen LogP contribution in [-0.2, 0) is 14.8 Å². The predicted molar refractivity (Wildman–Crippen MR) is 92.6 cm³/mol. The van der Waals surface area contributed by atoms with Crippen LogP contribution in [0.2, 0.25) is 5.02 Å². The molecule has 27 heavy (non-hydrogen) atoms. The van der Waals surface area contributed by atoms with E-state index in [-0.39, 0.29) is 35.6 Å². The van der Waals surface area contributed by atoms with E-state index in [4.69, 9.17) is 26.9 Å². The van der Waals surface area contributed by atoms with Gasteiger partial charge in [-0.2, -0.15) is 0 Å². The molecule has 0 aliphatic heterocycles. The third kappa shape index (κ3) is 6.47. The number of carbonyl (C=O) groups excluding carboxylic acids is 1. The number of hydrogen-bond donors (Lipinski definition) is 4. The van der Waals surface area contributed by atoms with E-state index < -0.39 is 27.5 Å². The fourth-order valence-electron chi connectivity index (χ4n) is 1.78. The summed E-state index contributed by atoms with van der Waals surface area (Å²) in [5, 5.41) is 24.5. The minimum atomic E-state index is -3.92. The molecule has 0 spiro atoms. The number of halogens is 2. The van der Waals surface area contributed by atoms with Crippen molar-refractivity contribution in [2.75, 3.05) is 24.2 Å². The van der Waals surface area contributed by atoms with E-state index in [0.717, 1.165) is 6.07 Å². The largest absolute Gasteiger partial charge is 0.472 e. The van der Waals surface area contributed by atoms with Crippen molar-refractivity contribution >= 4 is 39.1 Å². The standard InChI is InChI=1S/C13H14ClFN6O5S/c14-8-5-7(1-2-9(8)15)19-12(16)11-13(21-26-20-11)25-4-3-18-10(22)6-27(17,23)24/h1-2,5H,3-4,6H2,(H2,16,19)(H,18,22)(H2,17,23,24). The average molecular weight is 421 g/mol. The molecular weight excluding hydrogens is 407 g/mol. The fraction of sp³-hybridized carbons (Fsp3) is 0.231. The Balaban J connectivity index is 1.88. The second-order valence-electron chi connectivity index (χ2n) is 5.05. The molecule has 2 rings (SSSR count). The summed E-state index contributed by atoms with van der Waals surface area (Å²) in [5.74, 6) is -2.64. The first kappa shape index (κ1) is 20.5. The van der Waals surface area contributed by atoms with Crippen LogP contribution in [0.5, 0.6) is 5.88 Å². The van der Waals surface area contributed by atoms with Gasteiger partial charge in [-0.3, -0.25) is 10.2 Å². The van der Waals surface area contributed by atoms with Crippen LogP contribution in [0.4, 0.5) is 10.1 Å². The Morgan fingerprint density at radius 1 is 1.41 bits per heavy atom. The fourth-order valence-corrected chi connectivity index (χ4v) is 2.43. The first-order valence-corrected chi connectivity index (χ1v) is 9.28. The van der Waals surface area contributed by atoms with Crippen LogP contribution < -0.4 is 20.5 Å². The number of benzene rings is 1. The molecule has 1 aromatic carbocycles. The molecule has 0 aliphatic rings. The van der Waals surface area contributed by atoms with Gasteiger partial charge in [0.2, 0.25) is 21.6 Å². The number of sulfonamides is 1. The maximum absolute atomic E-state index is 13.2. The molecule has 0 atom stereocenters. The number of primary sulfonamides is 1.